The minimum atomic E-state index is -0.522. The molecule has 5 nitrogen and oxygen atoms in total. The fourth-order valence-corrected chi connectivity index (χ4v) is 1.18. The van der Waals surface area contributed by atoms with Gasteiger partial charge in [-0.1, -0.05) is 12.1 Å². The van der Waals surface area contributed by atoms with Gasteiger partial charge in [0.05, 0.1) is 0 Å². The fraction of sp³-hybridized carbons (Fsp3) is 0.778. The molecule has 0 aliphatic rings. The van der Waals surface area contributed by atoms with Gasteiger partial charge in [-0.25, -0.2) is 0 Å². The van der Waals surface area contributed by atoms with Gasteiger partial charge in [-0.3, -0.25) is 0 Å². The van der Waals surface area contributed by atoms with E-state index >= 15 is 0 Å². The fourth-order valence-electron chi connectivity index (χ4n) is 1.18. The topological polar surface area (TPSA) is 68.4 Å². The van der Waals surface area contributed by atoms with Gasteiger partial charge in [0.2, 0.25) is 5.82 Å². The van der Waals surface area contributed by atoms with Gasteiger partial charge in [-0.2, -0.15) is 4.98 Å². The zero-order valence-corrected chi connectivity index (χ0v) is 8.78. The third kappa shape index (κ3) is 2.10. The minimum absolute atomic E-state index is 0.222. The molecule has 0 amide bonds. The molecular formula is C9H16N2O3. The first-order valence-corrected chi connectivity index (χ1v) is 4.74. The van der Waals surface area contributed by atoms with E-state index in [-0.39, 0.29) is 12.5 Å². The van der Waals surface area contributed by atoms with Crippen molar-refractivity contribution in [1.82, 2.24) is 10.1 Å². The van der Waals surface area contributed by atoms with Crippen molar-refractivity contribution in [3.05, 3.63) is 11.7 Å². The molecule has 1 atom stereocenters. The van der Waals surface area contributed by atoms with Crippen LogP contribution in [0.3, 0.4) is 0 Å². The van der Waals surface area contributed by atoms with E-state index in [1.54, 1.807) is 0 Å². The Labute approximate surface area is 83.1 Å². The highest BCUT2D eigenvalue weighted by Crippen LogP contribution is 2.26. The van der Waals surface area contributed by atoms with Crippen LogP contribution in [0.5, 0.6) is 0 Å². The summed E-state index contributed by atoms with van der Waals surface area (Å²) in [6, 6.07) is 0. The van der Waals surface area contributed by atoms with E-state index < -0.39 is 5.60 Å². The highest BCUT2D eigenvalue weighted by Gasteiger charge is 2.30. The smallest absolute Gasteiger partial charge is 0.252 e. The number of aliphatic hydroxyl groups excluding tert-OH is 1. The summed E-state index contributed by atoms with van der Waals surface area (Å²) in [5, 5.41) is 12.6. The van der Waals surface area contributed by atoms with Crippen LogP contribution in [0, 0.1) is 0 Å². The lowest BCUT2D eigenvalue weighted by molar-refractivity contribution is -0.0403. The van der Waals surface area contributed by atoms with Crippen molar-refractivity contribution in [2.75, 3.05) is 6.61 Å². The van der Waals surface area contributed by atoms with Crippen LogP contribution in [-0.2, 0) is 16.9 Å². The summed E-state index contributed by atoms with van der Waals surface area (Å²) in [5.74, 6) is 0.713. The van der Waals surface area contributed by atoms with Gasteiger partial charge in [0, 0.05) is 6.61 Å². The van der Waals surface area contributed by atoms with Crippen LogP contribution in [0.25, 0.3) is 0 Å². The Balaban J connectivity index is 2.87. The third-order valence-electron chi connectivity index (χ3n) is 2.21. The summed E-state index contributed by atoms with van der Waals surface area (Å²) in [5.41, 5.74) is -0.522. The Kier molecular flexibility index (Phi) is 3.60. The number of nitrogens with zero attached hydrogens (tertiary/aromatic N) is 2. The Morgan fingerprint density at radius 3 is 2.64 bits per heavy atom. The van der Waals surface area contributed by atoms with Crippen molar-refractivity contribution < 1.29 is 14.4 Å². The van der Waals surface area contributed by atoms with E-state index in [1.807, 2.05) is 20.8 Å². The summed E-state index contributed by atoms with van der Waals surface area (Å²) >= 11 is 0. The van der Waals surface area contributed by atoms with Crippen molar-refractivity contribution >= 4 is 0 Å². The molecule has 1 rings (SSSR count). The van der Waals surface area contributed by atoms with Gasteiger partial charge in [-0.05, 0) is 20.3 Å². The van der Waals surface area contributed by atoms with Crippen molar-refractivity contribution in [2.45, 2.75) is 39.4 Å². The number of hydrogen-bond acceptors (Lipinski definition) is 5. The number of rotatable bonds is 5. The lowest BCUT2D eigenvalue weighted by atomic mass is 10.0. The third-order valence-corrected chi connectivity index (χ3v) is 2.21. The maximum atomic E-state index is 8.78. The summed E-state index contributed by atoms with van der Waals surface area (Å²) in [6.45, 7) is 6.17. The summed E-state index contributed by atoms with van der Waals surface area (Å²) in [6.07, 6.45) is 0.755. The molecule has 5 heteroatoms. The number of hydrogen-bond donors (Lipinski definition) is 1. The van der Waals surface area contributed by atoms with E-state index in [4.69, 9.17) is 14.4 Å². The molecule has 0 fully saturated rings. The van der Waals surface area contributed by atoms with E-state index in [2.05, 4.69) is 10.1 Å². The van der Waals surface area contributed by atoms with Crippen LogP contribution in [0.1, 0.15) is 38.9 Å². The summed E-state index contributed by atoms with van der Waals surface area (Å²) in [7, 11) is 0. The first-order valence-electron chi connectivity index (χ1n) is 4.74. The van der Waals surface area contributed by atoms with Crippen LogP contribution < -0.4 is 0 Å². The first kappa shape index (κ1) is 11.1. The Hall–Kier alpha value is -0.940. The van der Waals surface area contributed by atoms with Gasteiger partial charge in [0.15, 0.2) is 0 Å². The molecule has 0 bridgehead atoms. The second kappa shape index (κ2) is 4.52. The average molecular weight is 200 g/mol. The van der Waals surface area contributed by atoms with Crippen molar-refractivity contribution in [3.63, 3.8) is 0 Å². The molecule has 0 saturated heterocycles. The molecule has 1 aromatic heterocycles. The molecule has 0 aromatic carbocycles. The number of ether oxygens (including phenoxy) is 1. The van der Waals surface area contributed by atoms with E-state index in [0.717, 1.165) is 6.42 Å². The number of aliphatic hydroxyl groups is 1. The largest absolute Gasteiger partial charge is 0.387 e. The standard InChI is InChI=1S/C9H16N2O3/c1-4-9(3,13-5-2)8-10-7(6-12)14-11-8/h12H,4-6H2,1-3H3. The minimum Gasteiger partial charge on any atom is -0.387 e. The van der Waals surface area contributed by atoms with Gasteiger partial charge in [0.1, 0.15) is 12.2 Å². The zero-order valence-electron chi connectivity index (χ0n) is 8.78. The molecule has 1 unspecified atom stereocenters. The molecule has 1 N–H and O–H groups in total. The zero-order chi connectivity index (χ0) is 10.6. The van der Waals surface area contributed by atoms with Crippen LogP contribution in [0.2, 0.25) is 0 Å². The van der Waals surface area contributed by atoms with Gasteiger partial charge in [-0.15, -0.1) is 0 Å². The van der Waals surface area contributed by atoms with Crippen LogP contribution in [0.15, 0.2) is 4.52 Å². The van der Waals surface area contributed by atoms with E-state index in [9.17, 15) is 0 Å². The van der Waals surface area contributed by atoms with Crippen LogP contribution >= 0.6 is 0 Å². The Bertz CT molecular complexity index is 287. The average Bonchev–Trinajstić information content (AvgIpc) is 2.66. The van der Waals surface area contributed by atoms with Gasteiger partial charge < -0.3 is 14.4 Å². The maximum absolute atomic E-state index is 8.78. The molecule has 14 heavy (non-hydrogen) atoms. The molecule has 0 saturated carbocycles. The second-order valence-electron chi connectivity index (χ2n) is 3.19. The molecule has 0 radical (unpaired) electrons. The normalized spacial score (nSPS) is 15.4. The van der Waals surface area contributed by atoms with Gasteiger partial charge >= 0.3 is 0 Å². The lowest BCUT2D eigenvalue weighted by Crippen LogP contribution is -2.26. The van der Waals surface area contributed by atoms with Crippen molar-refractivity contribution in [1.29, 1.82) is 0 Å². The molecular weight excluding hydrogens is 184 g/mol. The summed E-state index contributed by atoms with van der Waals surface area (Å²) < 4.78 is 10.4. The lowest BCUT2D eigenvalue weighted by Gasteiger charge is -2.23. The van der Waals surface area contributed by atoms with E-state index in [0.29, 0.717) is 12.4 Å². The Morgan fingerprint density at radius 1 is 1.50 bits per heavy atom. The maximum Gasteiger partial charge on any atom is 0.252 e. The SMILES string of the molecule is CCOC(C)(CC)c1noc(CO)n1. The highest BCUT2D eigenvalue weighted by molar-refractivity contribution is 4.98. The first-order chi connectivity index (χ1) is 6.66. The highest BCUT2D eigenvalue weighted by atomic mass is 16.5. The Morgan fingerprint density at radius 2 is 2.21 bits per heavy atom. The monoisotopic (exact) mass is 200 g/mol. The van der Waals surface area contributed by atoms with Crippen molar-refractivity contribution in [3.8, 4) is 0 Å². The predicted molar refractivity (Wildman–Crippen MR) is 49.5 cm³/mol. The summed E-state index contributed by atoms with van der Waals surface area (Å²) in [4.78, 5) is 4.04. The molecule has 0 spiro atoms. The molecule has 1 heterocycles. The quantitative estimate of drug-likeness (QED) is 0.774. The van der Waals surface area contributed by atoms with Crippen LogP contribution in [-0.4, -0.2) is 21.9 Å². The van der Waals surface area contributed by atoms with E-state index in [1.165, 1.54) is 0 Å². The number of aromatic nitrogens is 2. The second-order valence-corrected chi connectivity index (χ2v) is 3.19. The predicted octanol–water partition coefficient (Wildman–Crippen LogP) is 1.22. The molecule has 0 aliphatic heterocycles. The van der Waals surface area contributed by atoms with Crippen molar-refractivity contribution in [2.24, 2.45) is 0 Å². The molecule has 0 aliphatic carbocycles. The molecule has 1 aromatic rings. The molecule has 80 valence electrons. The van der Waals surface area contributed by atoms with Gasteiger partial charge in [0.25, 0.3) is 5.89 Å². The van der Waals surface area contributed by atoms with Crippen LogP contribution in [0.4, 0.5) is 0 Å².